The molecule has 4 N–H and O–H groups in total. The molecule has 1 saturated heterocycles. The summed E-state index contributed by atoms with van der Waals surface area (Å²) >= 11 is 0. The Balaban J connectivity index is 2.15. The zero-order chi connectivity index (χ0) is 16.1. The van der Waals surface area contributed by atoms with Gasteiger partial charge in [0.15, 0.2) is 0 Å². The van der Waals surface area contributed by atoms with E-state index in [4.69, 9.17) is 20.9 Å². The molecule has 3 rings (SSSR count). The van der Waals surface area contributed by atoms with Crippen LogP contribution < -0.4 is 11.5 Å². The molecule has 2 heterocycles. The highest BCUT2D eigenvalue weighted by molar-refractivity contribution is 5.73. The van der Waals surface area contributed by atoms with E-state index >= 15 is 0 Å². The van der Waals surface area contributed by atoms with E-state index < -0.39 is 35.7 Å². The quantitative estimate of drug-likeness (QED) is 0.815. The van der Waals surface area contributed by atoms with Crippen LogP contribution in [-0.2, 0) is 15.0 Å². The van der Waals surface area contributed by atoms with Gasteiger partial charge in [-0.3, -0.25) is 0 Å². The molecule has 1 aromatic rings. The van der Waals surface area contributed by atoms with Gasteiger partial charge in [-0.1, -0.05) is 0 Å². The maximum atomic E-state index is 14.4. The van der Waals surface area contributed by atoms with Crippen molar-refractivity contribution >= 4 is 11.7 Å². The molecule has 0 spiro atoms. The normalized spacial score (nSPS) is 35.5. The van der Waals surface area contributed by atoms with Gasteiger partial charge in [-0.2, -0.15) is 0 Å². The maximum absolute atomic E-state index is 14.4. The molecule has 120 valence electrons. The molecule has 1 aromatic carbocycles. The van der Waals surface area contributed by atoms with Crippen LogP contribution in [0.4, 0.5) is 14.5 Å². The lowest BCUT2D eigenvalue weighted by Crippen LogP contribution is -2.51. The van der Waals surface area contributed by atoms with Crippen LogP contribution in [0.1, 0.15) is 19.4 Å². The number of hydrogen-bond donors (Lipinski definition) is 2. The third kappa shape index (κ3) is 2.20. The molecule has 5 nitrogen and oxygen atoms in total. The van der Waals surface area contributed by atoms with Crippen molar-refractivity contribution < 1.29 is 18.3 Å². The zero-order valence-electron chi connectivity index (χ0n) is 12.4. The zero-order valence-corrected chi connectivity index (χ0v) is 12.4. The van der Waals surface area contributed by atoms with E-state index in [1.165, 1.54) is 25.1 Å². The van der Waals surface area contributed by atoms with Gasteiger partial charge >= 0.3 is 0 Å². The highest BCUT2D eigenvalue weighted by Gasteiger charge is 2.56. The van der Waals surface area contributed by atoms with Crippen LogP contribution in [0.5, 0.6) is 0 Å². The number of rotatable bonds is 2. The second-order valence-corrected chi connectivity index (χ2v) is 5.99. The van der Waals surface area contributed by atoms with E-state index in [1.807, 2.05) is 0 Å². The number of amidine groups is 1. The van der Waals surface area contributed by atoms with Gasteiger partial charge < -0.3 is 20.9 Å². The number of hydrogen-bond acceptors (Lipinski definition) is 5. The summed E-state index contributed by atoms with van der Waals surface area (Å²) in [6.07, 6.45) is -2.45. The lowest BCUT2D eigenvalue weighted by molar-refractivity contribution is 0.00736. The van der Waals surface area contributed by atoms with Crippen molar-refractivity contribution in [1.82, 2.24) is 0 Å². The molecule has 1 unspecified atom stereocenters. The molecule has 2 aliphatic rings. The van der Waals surface area contributed by atoms with Crippen LogP contribution in [0.25, 0.3) is 0 Å². The lowest BCUT2D eigenvalue weighted by atomic mass is 9.73. The molecule has 5 atom stereocenters. The van der Waals surface area contributed by atoms with Crippen molar-refractivity contribution in [1.29, 1.82) is 0 Å². The van der Waals surface area contributed by atoms with Gasteiger partial charge in [0.05, 0.1) is 18.6 Å². The van der Waals surface area contributed by atoms with E-state index in [-0.39, 0.29) is 18.2 Å². The van der Waals surface area contributed by atoms with Crippen molar-refractivity contribution in [3.8, 4) is 0 Å². The fourth-order valence-corrected chi connectivity index (χ4v) is 3.49. The Morgan fingerprint density at radius 1 is 1.41 bits per heavy atom. The summed E-state index contributed by atoms with van der Waals surface area (Å²) in [6, 6.07) is 4.19. The number of ether oxygens (including phenoxy) is 2. The average Bonchev–Trinajstić information content (AvgIpc) is 2.86. The summed E-state index contributed by atoms with van der Waals surface area (Å²) in [5.74, 6) is -0.956. The lowest BCUT2D eigenvalue weighted by Gasteiger charge is -2.41. The Hall–Kier alpha value is -1.89. The van der Waals surface area contributed by atoms with Crippen molar-refractivity contribution in [2.75, 3.05) is 12.3 Å². The number of benzene rings is 1. The first-order chi connectivity index (χ1) is 10.3. The fourth-order valence-electron chi connectivity index (χ4n) is 3.49. The second kappa shape index (κ2) is 5.08. The summed E-state index contributed by atoms with van der Waals surface area (Å²) < 4.78 is 39.3. The third-order valence-electron chi connectivity index (χ3n) is 4.46. The highest BCUT2D eigenvalue weighted by Crippen LogP contribution is 2.47. The number of halogens is 2. The molecule has 0 aromatic heterocycles. The number of aliphatic imine (C=N–C) groups is 1. The monoisotopic (exact) mass is 311 g/mol. The number of nitrogens with zero attached hydrogens (tertiary/aromatic N) is 1. The highest BCUT2D eigenvalue weighted by atomic mass is 19.1. The minimum absolute atomic E-state index is 0.0543. The van der Waals surface area contributed by atoms with E-state index in [9.17, 15) is 8.78 Å². The Kier molecular flexibility index (Phi) is 3.47. The fraction of sp³-hybridized carbons (Fsp3) is 0.533. The molecule has 2 aliphatic heterocycles. The van der Waals surface area contributed by atoms with Gasteiger partial charge in [0.25, 0.3) is 6.02 Å². The van der Waals surface area contributed by atoms with Crippen LogP contribution in [0, 0.1) is 11.7 Å². The van der Waals surface area contributed by atoms with E-state index in [2.05, 4.69) is 4.99 Å². The van der Waals surface area contributed by atoms with Crippen LogP contribution in [0.15, 0.2) is 23.2 Å². The van der Waals surface area contributed by atoms with Gasteiger partial charge in [0, 0.05) is 11.3 Å². The molecule has 0 radical (unpaired) electrons. The minimum Gasteiger partial charge on any atom is -0.459 e. The predicted octanol–water partition coefficient (Wildman–Crippen LogP) is 1.71. The van der Waals surface area contributed by atoms with Crippen molar-refractivity contribution in [3.05, 3.63) is 29.6 Å². The van der Waals surface area contributed by atoms with Crippen LogP contribution in [0.3, 0.4) is 0 Å². The smallest absolute Gasteiger partial charge is 0.283 e. The first-order valence-electron chi connectivity index (χ1n) is 7.16. The predicted molar refractivity (Wildman–Crippen MR) is 78.5 cm³/mol. The summed E-state index contributed by atoms with van der Waals surface area (Å²) in [7, 11) is 0. The van der Waals surface area contributed by atoms with Crippen LogP contribution in [0.2, 0.25) is 0 Å². The summed E-state index contributed by atoms with van der Waals surface area (Å²) in [6.45, 7) is 3.31. The van der Waals surface area contributed by atoms with Crippen molar-refractivity contribution in [2.45, 2.75) is 37.8 Å². The molecular formula is C15H19F2N3O2. The summed E-state index contributed by atoms with van der Waals surface area (Å²) in [5, 5.41) is 0. The van der Waals surface area contributed by atoms with Crippen molar-refractivity contribution in [3.63, 3.8) is 0 Å². The van der Waals surface area contributed by atoms with Crippen molar-refractivity contribution in [2.24, 2.45) is 16.6 Å². The molecular weight excluding hydrogens is 292 g/mol. The van der Waals surface area contributed by atoms with Crippen LogP contribution in [-0.4, -0.2) is 31.0 Å². The van der Waals surface area contributed by atoms with Gasteiger partial charge in [-0.05, 0) is 32.0 Å². The number of anilines is 1. The Bertz CT molecular complexity index is 623. The van der Waals surface area contributed by atoms with Gasteiger partial charge in [-0.15, -0.1) is 0 Å². The van der Waals surface area contributed by atoms with E-state index in [0.717, 1.165) is 0 Å². The average molecular weight is 311 g/mol. The van der Waals surface area contributed by atoms with Crippen LogP contribution >= 0.6 is 0 Å². The van der Waals surface area contributed by atoms with E-state index in [0.29, 0.717) is 5.69 Å². The number of nitrogens with two attached hydrogens (primary N) is 2. The topological polar surface area (TPSA) is 82.9 Å². The summed E-state index contributed by atoms with van der Waals surface area (Å²) in [5.41, 5.74) is 11.1. The Labute approximate surface area is 127 Å². The molecule has 0 saturated carbocycles. The van der Waals surface area contributed by atoms with Gasteiger partial charge in [-0.25, -0.2) is 13.8 Å². The Morgan fingerprint density at radius 2 is 2.14 bits per heavy atom. The summed E-state index contributed by atoms with van der Waals surface area (Å²) in [4.78, 5) is 4.29. The molecule has 7 heteroatoms. The number of fused-ring (bicyclic) bond motifs is 1. The molecule has 0 bridgehead atoms. The molecule has 22 heavy (non-hydrogen) atoms. The largest absolute Gasteiger partial charge is 0.459 e. The molecule has 0 aliphatic carbocycles. The van der Waals surface area contributed by atoms with E-state index in [1.54, 1.807) is 6.92 Å². The minimum atomic E-state index is -1.24. The first-order valence-corrected chi connectivity index (χ1v) is 7.16. The SMILES string of the molecule is CC(F)[C@@H]1OC[C@H]2OC(N)=N[C@](C)(c3cc(N)ccc3F)[C@H]21. The number of nitrogen functional groups attached to an aromatic ring is 1. The standard InChI is InChI=1S/C15H19F2N3O2/c1-7(16)13-12-11(6-21-13)22-14(19)20-15(12,2)9-5-8(18)3-4-10(9)17/h3-5,7,11-13H,6,18H2,1-2H3,(H2,19,20)/t7?,11-,12-,13+,15-/m1/s1. The van der Waals surface area contributed by atoms with Gasteiger partial charge in [0.2, 0.25) is 0 Å². The number of alkyl halides is 1. The molecule has 0 amide bonds. The maximum Gasteiger partial charge on any atom is 0.283 e. The Morgan fingerprint density at radius 3 is 2.82 bits per heavy atom. The molecule has 1 fully saturated rings. The third-order valence-corrected chi connectivity index (χ3v) is 4.46. The first kappa shape index (κ1) is 15.0. The second-order valence-electron chi connectivity index (χ2n) is 5.99. The van der Waals surface area contributed by atoms with Gasteiger partial charge in [0.1, 0.15) is 23.6 Å².